The molecule has 110 valence electrons. The van der Waals surface area contributed by atoms with Crippen LogP contribution in [-0.2, 0) is 6.54 Å². The molecule has 0 unspecified atom stereocenters. The van der Waals surface area contributed by atoms with Gasteiger partial charge in [-0.15, -0.1) is 11.3 Å². The number of carbonyl (C=O) groups is 1. The minimum absolute atomic E-state index is 0.0222. The van der Waals surface area contributed by atoms with Crippen molar-refractivity contribution in [3.63, 3.8) is 0 Å². The van der Waals surface area contributed by atoms with Crippen LogP contribution in [0.3, 0.4) is 0 Å². The topological polar surface area (TPSA) is 83.7 Å². The number of nitro benzene ring substituents is 1. The van der Waals surface area contributed by atoms with Crippen LogP contribution < -0.4 is 4.90 Å². The number of thiophene rings is 1. The van der Waals surface area contributed by atoms with Crippen molar-refractivity contribution < 1.29 is 14.8 Å². The van der Waals surface area contributed by atoms with Gasteiger partial charge in [0.25, 0.3) is 5.69 Å². The molecule has 0 bridgehead atoms. The quantitative estimate of drug-likeness (QED) is 0.639. The number of halogens is 1. The Morgan fingerprint density at radius 2 is 2.19 bits per heavy atom. The Morgan fingerprint density at radius 3 is 2.71 bits per heavy atom. The lowest BCUT2D eigenvalue weighted by atomic mass is 10.1. The molecule has 21 heavy (non-hydrogen) atoms. The molecule has 0 spiro atoms. The fourth-order valence-corrected chi connectivity index (χ4v) is 3.10. The van der Waals surface area contributed by atoms with Gasteiger partial charge in [-0.05, 0) is 45.1 Å². The summed E-state index contributed by atoms with van der Waals surface area (Å²) in [6, 6.07) is 5.70. The normalized spacial score (nSPS) is 10.4. The molecule has 2 aromatic rings. The van der Waals surface area contributed by atoms with Gasteiger partial charge in [0.2, 0.25) is 0 Å². The third-order valence-electron chi connectivity index (χ3n) is 2.87. The molecule has 1 N–H and O–H groups in total. The van der Waals surface area contributed by atoms with E-state index in [4.69, 9.17) is 5.11 Å². The predicted octanol–water partition coefficient (Wildman–Crippen LogP) is 3.75. The number of nitro groups is 1. The van der Waals surface area contributed by atoms with Crippen molar-refractivity contribution in [2.24, 2.45) is 0 Å². The third-order valence-corrected chi connectivity index (χ3v) is 4.43. The van der Waals surface area contributed by atoms with Crippen LogP contribution in [0.4, 0.5) is 11.4 Å². The van der Waals surface area contributed by atoms with Gasteiger partial charge >= 0.3 is 5.97 Å². The van der Waals surface area contributed by atoms with Crippen LogP contribution >= 0.6 is 27.3 Å². The van der Waals surface area contributed by atoms with Crippen LogP contribution in [-0.4, -0.2) is 23.0 Å². The highest BCUT2D eigenvalue weighted by Crippen LogP contribution is 2.30. The molecular formula is C13H11BrN2O4S. The van der Waals surface area contributed by atoms with Crippen molar-refractivity contribution in [2.45, 2.75) is 6.54 Å². The average Bonchev–Trinajstić information content (AvgIpc) is 2.83. The maximum absolute atomic E-state index is 11.1. The van der Waals surface area contributed by atoms with E-state index in [1.54, 1.807) is 11.9 Å². The molecule has 0 saturated heterocycles. The summed E-state index contributed by atoms with van der Waals surface area (Å²) >= 11 is 4.88. The molecule has 0 aliphatic heterocycles. The maximum Gasteiger partial charge on any atom is 0.335 e. The Balaban J connectivity index is 2.37. The van der Waals surface area contributed by atoms with Crippen LogP contribution in [0.5, 0.6) is 0 Å². The first-order chi connectivity index (χ1) is 9.88. The lowest BCUT2D eigenvalue weighted by molar-refractivity contribution is -0.384. The van der Waals surface area contributed by atoms with Gasteiger partial charge in [-0.3, -0.25) is 10.1 Å². The second-order valence-corrected chi connectivity index (χ2v) is 6.67. The van der Waals surface area contributed by atoms with Gasteiger partial charge in [0.1, 0.15) is 5.69 Å². The second-order valence-electron chi connectivity index (χ2n) is 4.38. The minimum atomic E-state index is -1.11. The highest BCUT2D eigenvalue weighted by Gasteiger charge is 2.20. The van der Waals surface area contributed by atoms with Crippen molar-refractivity contribution in [1.29, 1.82) is 0 Å². The largest absolute Gasteiger partial charge is 0.478 e. The zero-order valence-electron chi connectivity index (χ0n) is 10.9. The molecule has 1 aromatic carbocycles. The number of hydrogen-bond donors (Lipinski definition) is 1. The first kappa shape index (κ1) is 15.5. The summed E-state index contributed by atoms with van der Waals surface area (Å²) in [6.45, 7) is 0.450. The maximum atomic E-state index is 11.1. The highest BCUT2D eigenvalue weighted by molar-refractivity contribution is 9.11. The standard InChI is InChI=1S/C13H11BrN2O4S/c1-15(6-8-4-12(14)21-7-8)11-5-9(13(17)18)2-3-10(11)16(19)20/h2-5,7H,6H2,1H3,(H,17,18). The molecule has 1 heterocycles. The van der Waals surface area contributed by atoms with E-state index in [9.17, 15) is 14.9 Å². The molecule has 0 aliphatic rings. The molecule has 2 rings (SSSR count). The van der Waals surface area contributed by atoms with E-state index >= 15 is 0 Å². The van der Waals surface area contributed by atoms with Crippen molar-refractivity contribution in [1.82, 2.24) is 0 Å². The van der Waals surface area contributed by atoms with Gasteiger partial charge in [-0.1, -0.05) is 0 Å². The van der Waals surface area contributed by atoms with Gasteiger partial charge < -0.3 is 10.0 Å². The van der Waals surface area contributed by atoms with E-state index in [0.717, 1.165) is 9.35 Å². The lowest BCUT2D eigenvalue weighted by Crippen LogP contribution is -2.18. The fourth-order valence-electron chi connectivity index (χ4n) is 1.90. The molecule has 0 radical (unpaired) electrons. The van der Waals surface area contributed by atoms with Crippen molar-refractivity contribution in [3.8, 4) is 0 Å². The number of carboxylic acid groups (broad SMARTS) is 1. The summed E-state index contributed by atoms with van der Waals surface area (Å²) in [5.74, 6) is -1.11. The Hall–Kier alpha value is -1.93. The molecule has 8 heteroatoms. The van der Waals surface area contributed by atoms with Crippen LogP contribution in [0.15, 0.2) is 33.4 Å². The van der Waals surface area contributed by atoms with Gasteiger partial charge in [-0.25, -0.2) is 4.79 Å². The summed E-state index contributed by atoms with van der Waals surface area (Å²) in [4.78, 5) is 23.3. The Labute approximate surface area is 132 Å². The molecular weight excluding hydrogens is 360 g/mol. The molecule has 0 fully saturated rings. The number of anilines is 1. The monoisotopic (exact) mass is 370 g/mol. The third kappa shape index (κ3) is 3.59. The number of aromatic carboxylic acids is 1. The number of rotatable bonds is 5. The lowest BCUT2D eigenvalue weighted by Gasteiger charge is -2.19. The van der Waals surface area contributed by atoms with Gasteiger partial charge in [0, 0.05) is 19.7 Å². The molecule has 0 amide bonds. The summed E-state index contributed by atoms with van der Waals surface area (Å²) in [6.07, 6.45) is 0. The van der Waals surface area contributed by atoms with Crippen LogP contribution in [0.25, 0.3) is 0 Å². The van der Waals surface area contributed by atoms with E-state index < -0.39 is 10.9 Å². The van der Waals surface area contributed by atoms with Crippen LogP contribution in [0.1, 0.15) is 15.9 Å². The molecule has 1 aromatic heterocycles. The Morgan fingerprint density at radius 1 is 1.48 bits per heavy atom. The van der Waals surface area contributed by atoms with Crippen molar-refractivity contribution in [2.75, 3.05) is 11.9 Å². The Bertz CT molecular complexity index is 701. The van der Waals surface area contributed by atoms with Crippen LogP contribution in [0.2, 0.25) is 0 Å². The van der Waals surface area contributed by atoms with E-state index in [0.29, 0.717) is 6.54 Å². The summed E-state index contributed by atoms with van der Waals surface area (Å²) in [7, 11) is 1.69. The number of benzene rings is 1. The summed E-state index contributed by atoms with van der Waals surface area (Å²) in [5.41, 5.74) is 1.18. The first-order valence-corrected chi connectivity index (χ1v) is 7.51. The predicted molar refractivity (Wildman–Crippen MR) is 84.2 cm³/mol. The van der Waals surface area contributed by atoms with E-state index in [1.807, 2.05) is 11.4 Å². The summed E-state index contributed by atoms with van der Waals surface area (Å²) in [5, 5.41) is 22.0. The van der Waals surface area contributed by atoms with Gasteiger partial charge in [0.15, 0.2) is 0 Å². The second kappa shape index (κ2) is 6.23. The van der Waals surface area contributed by atoms with Crippen LogP contribution in [0, 0.1) is 10.1 Å². The number of hydrogen-bond acceptors (Lipinski definition) is 5. The molecule has 0 aliphatic carbocycles. The SMILES string of the molecule is CN(Cc1csc(Br)c1)c1cc(C(=O)O)ccc1[N+](=O)[O-]. The Kier molecular flexibility index (Phi) is 4.59. The van der Waals surface area contributed by atoms with E-state index in [-0.39, 0.29) is 16.9 Å². The van der Waals surface area contributed by atoms with E-state index in [1.165, 1.54) is 29.5 Å². The number of nitrogens with zero attached hydrogens (tertiary/aromatic N) is 2. The number of carboxylic acids is 1. The average molecular weight is 371 g/mol. The van der Waals surface area contributed by atoms with Crippen molar-refractivity contribution in [3.05, 3.63) is 54.7 Å². The molecule has 0 saturated carbocycles. The first-order valence-electron chi connectivity index (χ1n) is 5.84. The zero-order chi connectivity index (χ0) is 15.6. The van der Waals surface area contributed by atoms with Gasteiger partial charge in [0.05, 0.1) is 14.3 Å². The van der Waals surface area contributed by atoms with E-state index in [2.05, 4.69) is 15.9 Å². The van der Waals surface area contributed by atoms with Gasteiger partial charge in [-0.2, -0.15) is 0 Å². The molecule has 6 nitrogen and oxygen atoms in total. The summed E-state index contributed by atoms with van der Waals surface area (Å²) < 4.78 is 0.972. The minimum Gasteiger partial charge on any atom is -0.478 e. The highest BCUT2D eigenvalue weighted by atomic mass is 79.9. The zero-order valence-corrected chi connectivity index (χ0v) is 13.3. The molecule has 0 atom stereocenters. The fraction of sp³-hybridized carbons (Fsp3) is 0.154. The smallest absolute Gasteiger partial charge is 0.335 e. The van der Waals surface area contributed by atoms with Crippen molar-refractivity contribution >= 4 is 44.6 Å².